The largest absolute Gasteiger partial charge is 0.461 e. The predicted molar refractivity (Wildman–Crippen MR) is 157 cm³/mol. The number of nitrogens with zero attached hydrogens (tertiary/aromatic N) is 1. The number of nitrogens with one attached hydrogen (secondary N) is 3. The summed E-state index contributed by atoms with van der Waals surface area (Å²) in [5.41, 5.74) is -2.94. The van der Waals surface area contributed by atoms with Crippen molar-refractivity contribution < 1.29 is 42.9 Å². The van der Waals surface area contributed by atoms with Gasteiger partial charge in [0.05, 0.1) is 0 Å². The zero-order valence-electron chi connectivity index (χ0n) is 27.0. The number of alkyl carbamates (subject to hydrolysis) is 2. The second kappa shape index (κ2) is 14.7. The first kappa shape index (κ1) is 36.3. The lowest BCUT2D eigenvalue weighted by Gasteiger charge is -2.27. The van der Waals surface area contributed by atoms with E-state index in [2.05, 4.69) is 15.6 Å². The average Bonchev–Trinajstić information content (AvgIpc) is 3.23. The van der Waals surface area contributed by atoms with E-state index in [0.29, 0.717) is 0 Å². The van der Waals surface area contributed by atoms with Crippen LogP contribution in [0.25, 0.3) is 0 Å². The first-order chi connectivity index (χ1) is 20.2. The smallest absolute Gasteiger partial charge is 0.408 e. The minimum absolute atomic E-state index is 0.0407. The molecule has 3 N–H and O–H groups in total. The summed E-state index contributed by atoms with van der Waals surface area (Å²) in [7, 11) is 0. The summed E-state index contributed by atoms with van der Waals surface area (Å²) in [6.45, 7) is 16.5. The normalized spacial score (nSPS) is 20.0. The van der Waals surface area contributed by atoms with E-state index in [1.165, 1.54) is 6.20 Å². The molecule has 15 heteroatoms. The topological polar surface area (TPSA) is 193 Å². The summed E-state index contributed by atoms with van der Waals surface area (Å²) >= 11 is 0. The third-order valence-corrected chi connectivity index (χ3v) is 6.18. The highest BCUT2D eigenvalue weighted by Crippen LogP contribution is 2.31. The van der Waals surface area contributed by atoms with Crippen molar-refractivity contribution >= 4 is 24.1 Å². The number of amides is 2. The summed E-state index contributed by atoms with van der Waals surface area (Å²) in [5, 5.41) is 5.03. The molecule has 0 saturated carbocycles. The summed E-state index contributed by atoms with van der Waals surface area (Å²) in [6, 6.07) is -1.02. The first-order valence-corrected chi connectivity index (χ1v) is 14.5. The van der Waals surface area contributed by atoms with Gasteiger partial charge in [0.1, 0.15) is 48.3 Å². The Labute approximate surface area is 256 Å². The molecule has 0 aliphatic carbocycles. The molecule has 1 aliphatic heterocycles. The molecule has 0 aromatic carbocycles. The SMILES string of the molecule is CC(C)[C@H](NC(=O)OC(C)(C)C)C(=O)OC[C@@H]1O[C@H](n2ccc(=O)[nH]c2=O)C[C@H]1OC(=O)[C@@H](NC(=O)OC(C)(C)C)C(C)C. The van der Waals surface area contributed by atoms with E-state index >= 15 is 0 Å². The van der Waals surface area contributed by atoms with Gasteiger partial charge in [0.2, 0.25) is 0 Å². The molecule has 0 bridgehead atoms. The van der Waals surface area contributed by atoms with Gasteiger partial charge in [-0.2, -0.15) is 0 Å². The molecule has 0 radical (unpaired) electrons. The van der Waals surface area contributed by atoms with E-state index < -0.39 is 89.6 Å². The first-order valence-electron chi connectivity index (χ1n) is 14.5. The van der Waals surface area contributed by atoms with Crippen LogP contribution in [0.15, 0.2) is 21.9 Å². The van der Waals surface area contributed by atoms with Crippen LogP contribution in [-0.2, 0) is 33.3 Å². The van der Waals surface area contributed by atoms with Crippen LogP contribution in [-0.4, -0.2) is 75.8 Å². The van der Waals surface area contributed by atoms with Crippen LogP contribution in [0.2, 0.25) is 0 Å². The van der Waals surface area contributed by atoms with Crippen LogP contribution in [0.1, 0.15) is 81.9 Å². The Morgan fingerprint density at radius 3 is 1.86 bits per heavy atom. The van der Waals surface area contributed by atoms with Gasteiger partial charge < -0.3 is 34.3 Å². The van der Waals surface area contributed by atoms with Gasteiger partial charge in [-0.05, 0) is 53.4 Å². The number of aromatic nitrogens is 2. The molecule has 0 spiro atoms. The lowest BCUT2D eigenvalue weighted by molar-refractivity contribution is -0.162. The van der Waals surface area contributed by atoms with E-state index in [-0.39, 0.29) is 12.3 Å². The summed E-state index contributed by atoms with van der Waals surface area (Å²) in [5.74, 6) is -2.34. The van der Waals surface area contributed by atoms with E-state index in [9.17, 15) is 28.8 Å². The molecule has 2 heterocycles. The van der Waals surface area contributed by atoms with Crippen LogP contribution >= 0.6 is 0 Å². The van der Waals surface area contributed by atoms with E-state index in [0.717, 1.165) is 10.6 Å². The van der Waals surface area contributed by atoms with Crippen LogP contribution in [0.5, 0.6) is 0 Å². The molecule has 1 saturated heterocycles. The van der Waals surface area contributed by atoms with Gasteiger partial charge >= 0.3 is 29.8 Å². The average molecular weight is 627 g/mol. The van der Waals surface area contributed by atoms with Gasteiger partial charge in [0.15, 0.2) is 0 Å². The van der Waals surface area contributed by atoms with Crippen LogP contribution in [0.4, 0.5) is 9.59 Å². The van der Waals surface area contributed by atoms with Crippen LogP contribution in [0, 0.1) is 11.8 Å². The minimum atomic E-state index is -1.09. The van der Waals surface area contributed by atoms with Gasteiger partial charge in [-0.1, -0.05) is 27.7 Å². The Kier molecular flexibility index (Phi) is 12.2. The number of hydrogen-bond acceptors (Lipinski definition) is 11. The number of H-pyrrole nitrogens is 1. The molecular formula is C29H46N4O11. The highest BCUT2D eigenvalue weighted by atomic mass is 16.6. The van der Waals surface area contributed by atoms with Crippen molar-refractivity contribution in [1.29, 1.82) is 0 Å². The molecule has 1 aromatic rings. The Morgan fingerprint density at radius 2 is 1.41 bits per heavy atom. The van der Waals surface area contributed by atoms with Crippen LogP contribution in [0.3, 0.4) is 0 Å². The Balaban J connectivity index is 2.24. The van der Waals surface area contributed by atoms with E-state index in [1.54, 1.807) is 69.2 Å². The van der Waals surface area contributed by atoms with Crippen molar-refractivity contribution in [2.45, 2.75) is 117 Å². The third-order valence-electron chi connectivity index (χ3n) is 6.18. The predicted octanol–water partition coefficient (Wildman–Crippen LogP) is 2.38. The molecular weight excluding hydrogens is 580 g/mol. The minimum Gasteiger partial charge on any atom is -0.461 e. The maximum Gasteiger partial charge on any atom is 0.408 e. The maximum absolute atomic E-state index is 13.3. The zero-order valence-corrected chi connectivity index (χ0v) is 27.0. The molecule has 2 rings (SSSR count). The Hall–Kier alpha value is -3.88. The van der Waals surface area contributed by atoms with Crippen molar-refractivity contribution in [1.82, 2.24) is 20.2 Å². The fraction of sp³-hybridized carbons (Fsp3) is 0.724. The number of esters is 2. The maximum atomic E-state index is 13.3. The fourth-order valence-electron chi connectivity index (χ4n) is 4.14. The highest BCUT2D eigenvalue weighted by molar-refractivity contribution is 5.82. The number of carbonyl (C=O) groups excluding carboxylic acids is 4. The molecule has 2 amide bonds. The van der Waals surface area contributed by atoms with Crippen molar-refractivity contribution in [3.05, 3.63) is 33.1 Å². The molecule has 1 aromatic heterocycles. The highest BCUT2D eigenvalue weighted by Gasteiger charge is 2.42. The van der Waals surface area contributed by atoms with Crippen molar-refractivity contribution in [3.63, 3.8) is 0 Å². The number of carbonyl (C=O) groups is 4. The number of hydrogen-bond donors (Lipinski definition) is 3. The molecule has 1 aliphatic rings. The van der Waals surface area contributed by atoms with E-state index in [4.69, 9.17) is 23.7 Å². The summed E-state index contributed by atoms with van der Waals surface area (Å²) < 4.78 is 28.8. The van der Waals surface area contributed by atoms with Gasteiger partial charge in [-0.25, -0.2) is 24.0 Å². The molecule has 15 nitrogen and oxygen atoms in total. The summed E-state index contributed by atoms with van der Waals surface area (Å²) in [6.07, 6.45) is -3.48. The van der Waals surface area contributed by atoms with Gasteiger partial charge in [0.25, 0.3) is 5.56 Å². The molecule has 1 fully saturated rings. The Morgan fingerprint density at radius 1 is 0.909 bits per heavy atom. The monoisotopic (exact) mass is 626 g/mol. The van der Waals surface area contributed by atoms with E-state index in [1.807, 2.05) is 0 Å². The van der Waals surface area contributed by atoms with Gasteiger partial charge in [0, 0.05) is 18.7 Å². The second-order valence-corrected chi connectivity index (χ2v) is 13.2. The quantitative estimate of drug-likeness (QED) is 0.255. The van der Waals surface area contributed by atoms with Crippen molar-refractivity contribution in [2.75, 3.05) is 6.61 Å². The standard InChI is InChI=1S/C29H46N4O11/c1-15(2)21(31-26(38)43-28(5,6)7)23(35)40-14-18-17(13-20(41-18)33-12-11-19(34)30-25(33)37)42-24(36)22(16(3)4)32-27(39)44-29(8,9)10/h11-12,15-18,20-22H,13-14H2,1-10H3,(H,31,38)(H,32,39)(H,30,34,37)/t17-,18+,20+,21+,22+/m1/s1. The number of aromatic amines is 1. The lowest BCUT2D eigenvalue weighted by atomic mass is 10.0. The Bertz CT molecular complexity index is 1290. The molecule has 248 valence electrons. The number of ether oxygens (including phenoxy) is 5. The molecule has 5 atom stereocenters. The lowest BCUT2D eigenvalue weighted by Crippen LogP contribution is -2.49. The fourth-order valence-corrected chi connectivity index (χ4v) is 4.14. The van der Waals surface area contributed by atoms with Crippen molar-refractivity contribution in [2.24, 2.45) is 11.8 Å². The third kappa shape index (κ3) is 11.3. The number of rotatable bonds is 10. The molecule has 0 unspecified atom stereocenters. The van der Waals surface area contributed by atoms with Gasteiger partial charge in [-0.3, -0.25) is 14.3 Å². The second-order valence-electron chi connectivity index (χ2n) is 13.2. The zero-order chi connectivity index (χ0) is 33.6. The summed E-state index contributed by atoms with van der Waals surface area (Å²) in [4.78, 5) is 77.2. The van der Waals surface area contributed by atoms with Crippen LogP contribution < -0.4 is 21.9 Å². The van der Waals surface area contributed by atoms with Crippen molar-refractivity contribution in [3.8, 4) is 0 Å². The van der Waals surface area contributed by atoms with Gasteiger partial charge in [-0.15, -0.1) is 0 Å². The molecule has 44 heavy (non-hydrogen) atoms.